The Bertz CT molecular complexity index is 480. The van der Waals surface area contributed by atoms with Crippen molar-refractivity contribution in [3.63, 3.8) is 0 Å². The molecule has 1 heterocycles. The highest BCUT2D eigenvalue weighted by Crippen LogP contribution is 2.32. The van der Waals surface area contributed by atoms with E-state index in [1.807, 2.05) is 0 Å². The minimum absolute atomic E-state index is 0.836. The normalized spacial score (nSPS) is 22.8. The maximum atomic E-state index is 11.0. The van der Waals surface area contributed by atoms with Gasteiger partial charge in [-0.05, 0) is 0 Å². The van der Waals surface area contributed by atoms with Crippen LogP contribution in [0.2, 0.25) is 0 Å². The van der Waals surface area contributed by atoms with Crippen LogP contribution in [0, 0.1) is 0 Å². The molecule has 10 heteroatoms. The maximum Gasteiger partial charge on any atom is 0.378 e. The number of hydrogen-bond acceptors (Lipinski definition) is 10. The molecule has 0 saturated heterocycles. The van der Waals surface area contributed by atoms with E-state index in [0.717, 1.165) is 13.8 Å². The van der Waals surface area contributed by atoms with Crippen LogP contribution in [0.4, 0.5) is 0 Å². The van der Waals surface area contributed by atoms with Crippen LogP contribution in [0.1, 0.15) is 13.8 Å². The van der Waals surface area contributed by atoms with Crippen molar-refractivity contribution in [2.75, 3.05) is 0 Å². The third kappa shape index (κ3) is 2.81. The number of ether oxygens (including phenoxy) is 3. The summed E-state index contributed by atoms with van der Waals surface area (Å²) >= 11 is 0. The molecule has 0 aliphatic carbocycles. The van der Waals surface area contributed by atoms with Gasteiger partial charge in [0, 0.05) is 13.8 Å². The Morgan fingerprint density at radius 3 is 2.20 bits per heavy atom. The molecule has 10 nitrogen and oxygen atoms in total. The lowest BCUT2D eigenvalue weighted by molar-refractivity contribution is -0.328. The molecule has 0 saturated carbocycles. The molecule has 1 aliphatic rings. The molecule has 1 rings (SSSR count). The molecule has 0 amide bonds. The first-order valence-electron chi connectivity index (χ1n) is 5.20. The van der Waals surface area contributed by atoms with Crippen molar-refractivity contribution in [3.8, 4) is 0 Å². The third-order valence-corrected chi connectivity index (χ3v) is 2.22. The Hall–Kier alpha value is -2.33. The minimum Gasteiger partial charge on any atom is -0.505 e. The number of hydrogen-bond donors (Lipinski definition) is 4. The van der Waals surface area contributed by atoms with E-state index in [-0.39, 0.29) is 0 Å². The van der Waals surface area contributed by atoms with Crippen molar-refractivity contribution in [3.05, 3.63) is 11.5 Å². The second-order valence-electron chi connectivity index (χ2n) is 3.83. The number of cyclic esters (lactones) is 1. The van der Waals surface area contributed by atoms with Gasteiger partial charge < -0.3 is 34.6 Å². The Morgan fingerprint density at radius 1 is 1.30 bits per heavy atom. The van der Waals surface area contributed by atoms with E-state index in [0.29, 0.717) is 0 Å². The average Bonchev–Trinajstić information content (AvgIpc) is 2.55. The van der Waals surface area contributed by atoms with Gasteiger partial charge in [0.1, 0.15) is 0 Å². The average molecular weight is 292 g/mol. The molecule has 0 spiro atoms. The molecular weight excluding hydrogens is 280 g/mol. The fourth-order valence-electron chi connectivity index (χ4n) is 1.43. The van der Waals surface area contributed by atoms with Gasteiger partial charge in [0.05, 0.1) is 0 Å². The lowest BCUT2D eigenvalue weighted by Crippen LogP contribution is -2.57. The lowest BCUT2D eigenvalue weighted by atomic mass is 10.1. The van der Waals surface area contributed by atoms with Crippen molar-refractivity contribution >= 4 is 17.9 Å². The highest BCUT2D eigenvalue weighted by Gasteiger charge is 2.58. The van der Waals surface area contributed by atoms with Gasteiger partial charge in [-0.2, -0.15) is 0 Å². The standard InChI is InChI=1S/C10H12O10/c1-3(11)18-9(16)10(17,20-4(2)12)7-5(13)6(14)8(15)19-7/h7,9,13-14,16-17H,1-2H3/t7-,9?,10-/m0/s1. The van der Waals surface area contributed by atoms with Gasteiger partial charge in [-0.1, -0.05) is 0 Å². The summed E-state index contributed by atoms with van der Waals surface area (Å²) in [7, 11) is 0. The summed E-state index contributed by atoms with van der Waals surface area (Å²) in [6.07, 6.45) is -4.64. The second-order valence-corrected chi connectivity index (χ2v) is 3.83. The van der Waals surface area contributed by atoms with Crippen molar-refractivity contribution in [2.45, 2.75) is 32.0 Å². The Kier molecular flexibility index (Phi) is 4.20. The monoisotopic (exact) mass is 292 g/mol. The van der Waals surface area contributed by atoms with Crippen molar-refractivity contribution in [1.29, 1.82) is 0 Å². The van der Waals surface area contributed by atoms with Crippen LogP contribution in [-0.4, -0.2) is 56.5 Å². The summed E-state index contributed by atoms with van der Waals surface area (Å²) in [4.78, 5) is 32.7. The number of carbonyl (C=O) groups is 3. The van der Waals surface area contributed by atoms with E-state index in [1.165, 1.54) is 0 Å². The molecule has 0 aromatic heterocycles. The zero-order valence-electron chi connectivity index (χ0n) is 10.4. The van der Waals surface area contributed by atoms with Crippen LogP contribution in [0.15, 0.2) is 11.5 Å². The predicted octanol–water partition coefficient (Wildman–Crippen LogP) is -1.63. The van der Waals surface area contributed by atoms with Gasteiger partial charge in [0.15, 0.2) is 5.76 Å². The Morgan fingerprint density at radius 2 is 1.85 bits per heavy atom. The summed E-state index contributed by atoms with van der Waals surface area (Å²) in [5.41, 5.74) is 0. The molecule has 4 N–H and O–H groups in total. The molecule has 0 aromatic carbocycles. The summed E-state index contributed by atoms with van der Waals surface area (Å²) in [5.74, 6) is -9.18. The van der Waals surface area contributed by atoms with E-state index in [4.69, 9.17) is 5.11 Å². The second kappa shape index (κ2) is 5.35. The molecule has 0 radical (unpaired) electrons. The third-order valence-electron chi connectivity index (χ3n) is 2.22. The number of aliphatic hydroxyl groups excluding tert-OH is 3. The maximum absolute atomic E-state index is 11.0. The number of aliphatic hydroxyl groups is 4. The first-order chi connectivity index (χ1) is 9.09. The molecular formula is C10H12O10. The molecule has 112 valence electrons. The van der Waals surface area contributed by atoms with Crippen molar-refractivity contribution in [2.24, 2.45) is 0 Å². The summed E-state index contributed by atoms with van der Waals surface area (Å²) in [6.45, 7) is 1.72. The van der Waals surface area contributed by atoms with Crippen LogP contribution >= 0.6 is 0 Å². The van der Waals surface area contributed by atoms with E-state index in [9.17, 15) is 29.7 Å². The van der Waals surface area contributed by atoms with Crippen molar-refractivity contribution < 1.29 is 49.0 Å². The molecule has 1 aliphatic heterocycles. The molecule has 0 bridgehead atoms. The van der Waals surface area contributed by atoms with E-state index >= 15 is 0 Å². The molecule has 1 unspecified atom stereocenters. The van der Waals surface area contributed by atoms with E-state index in [1.54, 1.807) is 0 Å². The van der Waals surface area contributed by atoms with Crippen LogP contribution < -0.4 is 0 Å². The highest BCUT2D eigenvalue weighted by atomic mass is 16.7. The van der Waals surface area contributed by atoms with Gasteiger partial charge in [-0.25, -0.2) is 4.79 Å². The van der Waals surface area contributed by atoms with Crippen LogP contribution in [-0.2, 0) is 28.6 Å². The highest BCUT2D eigenvalue weighted by molar-refractivity contribution is 5.89. The van der Waals surface area contributed by atoms with E-state index in [2.05, 4.69) is 14.2 Å². The van der Waals surface area contributed by atoms with Gasteiger partial charge in [0.2, 0.25) is 11.9 Å². The van der Waals surface area contributed by atoms with Gasteiger partial charge in [0.25, 0.3) is 6.29 Å². The van der Waals surface area contributed by atoms with Gasteiger partial charge in [-0.15, -0.1) is 0 Å². The zero-order chi connectivity index (χ0) is 15.7. The summed E-state index contributed by atoms with van der Waals surface area (Å²) in [6, 6.07) is 0. The molecule has 3 atom stereocenters. The van der Waals surface area contributed by atoms with Crippen LogP contribution in [0.25, 0.3) is 0 Å². The minimum atomic E-state index is -3.12. The summed E-state index contributed by atoms with van der Waals surface area (Å²) < 4.78 is 13.0. The number of carbonyl (C=O) groups excluding carboxylic acids is 3. The zero-order valence-corrected chi connectivity index (χ0v) is 10.4. The first-order valence-corrected chi connectivity index (χ1v) is 5.20. The summed E-state index contributed by atoms with van der Waals surface area (Å²) in [5, 5.41) is 38.2. The van der Waals surface area contributed by atoms with E-state index < -0.39 is 47.6 Å². The van der Waals surface area contributed by atoms with Gasteiger partial charge >= 0.3 is 23.7 Å². The topological polar surface area (TPSA) is 160 Å². The fraction of sp³-hybridized carbons (Fsp3) is 0.500. The fourth-order valence-corrected chi connectivity index (χ4v) is 1.43. The molecule has 0 fully saturated rings. The van der Waals surface area contributed by atoms with Crippen LogP contribution in [0.3, 0.4) is 0 Å². The lowest BCUT2D eigenvalue weighted by Gasteiger charge is -2.33. The predicted molar refractivity (Wildman–Crippen MR) is 56.7 cm³/mol. The van der Waals surface area contributed by atoms with Crippen molar-refractivity contribution in [1.82, 2.24) is 0 Å². The Balaban J connectivity index is 3.16. The number of esters is 3. The molecule has 0 aromatic rings. The smallest absolute Gasteiger partial charge is 0.378 e. The van der Waals surface area contributed by atoms with Gasteiger partial charge in [-0.3, -0.25) is 9.59 Å². The van der Waals surface area contributed by atoms with Crippen LogP contribution in [0.5, 0.6) is 0 Å². The molecule has 20 heavy (non-hydrogen) atoms. The number of rotatable bonds is 4. The quantitative estimate of drug-likeness (QED) is 0.269. The first kappa shape index (κ1) is 15.7. The largest absolute Gasteiger partial charge is 0.505 e. The SMILES string of the molecule is CC(=O)OC(O)[C@@](O)(OC(C)=O)[C@H]1OC(=O)C(O)=C1O. The Labute approximate surface area is 111 Å².